The van der Waals surface area contributed by atoms with E-state index in [9.17, 15) is 22.8 Å². The van der Waals surface area contributed by atoms with Gasteiger partial charge in [-0.3, -0.25) is 18.7 Å². The quantitative estimate of drug-likeness (QED) is 0.138. The summed E-state index contributed by atoms with van der Waals surface area (Å²) in [5.74, 6) is 0.0972. The summed E-state index contributed by atoms with van der Waals surface area (Å²) in [6.07, 6.45) is 4.12. The second kappa shape index (κ2) is 17.3. The Labute approximate surface area is 275 Å². The van der Waals surface area contributed by atoms with Gasteiger partial charge in [0.15, 0.2) is 11.6 Å². The molecule has 0 spiro atoms. The van der Waals surface area contributed by atoms with Crippen molar-refractivity contribution in [3.63, 3.8) is 0 Å². The van der Waals surface area contributed by atoms with E-state index in [4.69, 9.17) is 0 Å². The molecule has 3 rings (SSSR count). The molecule has 3 atom stereocenters. The van der Waals surface area contributed by atoms with Gasteiger partial charge in [0.05, 0.1) is 18.0 Å². The first-order chi connectivity index (χ1) is 21.8. The van der Waals surface area contributed by atoms with Crippen molar-refractivity contribution in [2.45, 2.75) is 78.2 Å². The Bertz CT molecular complexity index is 1550. The zero-order valence-corrected chi connectivity index (χ0v) is 29.0. The summed E-state index contributed by atoms with van der Waals surface area (Å²) in [7, 11) is -2.22. The Morgan fingerprint density at radius 3 is 1.93 bits per heavy atom. The highest BCUT2D eigenvalue weighted by atomic mass is 32.2. The van der Waals surface area contributed by atoms with Gasteiger partial charge in [0, 0.05) is 37.4 Å². The number of nitrogens with one attached hydrogen (secondary N) is 1. The van der Waals surface area contributed by atoms with Gasteiger partial charge in [-0.15, -0.1) is 0 Å². The van der Waals surface area contributed by atoms with Crippen molar-refractivity contribution in [1.82, 2.24) is 5.32 Å². The number of hydrogen-bond acceptors (Lipinski definition) is 6. The molecule has 46 heavy (non-hydrogen) atoms. The largest absolute Gasteiger partial charge is 0.307 e. The lowest BCUT2D eigenvalue weighted by molar-refractivity contribution is -0.121. The van der Waals surface area contributed by atoms with Gasteiger partial charge in [-0.25, -0.2) is 8.42 Å². The fourth-order valence-corrected chi connectivity index (χ4v) is 6.03. The Kier molecular flexibility index (Phi) is 13.9. The van der Waals surface area contributed by atoms with Crippen LogP contribution >= 0.6 is 0 Å². The van der Waals surface area contributed by atoms with Gasteiger partial charge in [0.1, 0.15) is 5.78 Å². The first kappa shape index (κ1) is 36.8. The predicted molar refractivity (Wildman–Crippen MR) is 187 cm³/mol. The van der Waals surface area contributed by atoms with Gasteiger partial charge < -0.3 is 5.32 Å². The highest BCUT2D eigenvalue weighted by molar-refractivity contribution is 7.92. The third kappa shape index (κ3) is 11.3. The summed E-state index contributed by atoms with van der Waals surface area (Å²) in [5.41, 5.74) is 2.97. The molecule has 0 radical (unpaired) electrons. The van der Waals surface area contributed by atoms with E-state index in [1.54, 1.807) is 18.2 Å². The van der Waals surface area contributed by atoms with Crippen LogP contribution in [0.15, 0.2) is 78.9 Å². The van der Waals surface area contributed by atoms with Crippen molar-refractivity contribution in [3.8, 4) is 0 Å². The van der Waals surface area contributed by atoms with E-state index in [2.05, 4.69) is 19.2 Å². The maximum absolute atomic E-state index is 13.9. The molecular formula is C38H50N2O5S. The molecule has 3 aromatic rings. The zero-order valence-electron chi connectivity index (χ0n) is 28.2. The molecule has 7 nitrogen and oxygen atoms in total. The number of carbonyl (C=O) groups excluding carboxylic acids is 3. The summed E-state index contributed by atoms with van der Waals surface area (Å²) < 4.78 is 26.0. The van der Waals surface area contributed by atoms with Crippen LogP contribution in [0.25, 0.3) is 0 Å². The van der Waals surface area contributed by atoms with Crippen molar-refractivity contribution < 1.29 is 22.8 Å². The van der Waals surface area contributed by atoms with E-state index < -0.39 is 10.0 Å². The molecular weight excluding hydrogens is 596 g/mol. The monoisotopic (exact) mass is 646 g/mol. The molecule has 0 aliphatic heterocycles. The zero-order chi connectivity index (χ0) is 33.9. The van der Waals surface area contributed by atoms with Crippen LogP contribution in [-0.2, 0) is 21.2 Å². The van der Waals surface area contributed by atoms with E-state index in [1.165, 1.54) is 7.05 Å². The fraction of sp³-hybridized carbons (Fsp3) is 0.447. The van der Waals surface area contributed by atoms with E-state index in [0.717, 1.165) is 28.1 Å². The lowest BCUT2D eigenvalue weighted by atomic mass is 9.89. The minimum atomic E-state index is -3.64. The first-order valence-electron chi connectivity index (χ1n) is 16.3. The molecule has 0 aliphatic carbocycles. The SMILES string of the molecule is CC[C@H](NC[C@@H](CC(=O)c1cc(C(=O)C[C@H](C)c2ccccc2)cc(N(C)S(C)(=O)=O)c1)Cc1ccccc1)C(=O)CCC(C)C. The lowest BCUT2D eigenvalue weighted by Gasteiger charge is -2.23. The summed E-state index contributed by atoms with van der Waals surface area (Å²) in [6, 6.07) is 24.1. The summed E-state index contributed by atoms with van der Waals surface area (Å²) >= 11 is 0. The highest BCUT2D eigenvalue weighted by Crippen LogP contribution is 2.27. The van der Waals surface area contributed by atoms with E-state index in [1.807, 2.05) is 74.5 Å². The minimum Gasteiger partial charge on any atom is -0.307 e. The lowest BCUT2D eigenvalue weighted by Crippen LogP contribution is -2.40. The fourth-order valence-electron chi connectivity index (χ4n) is 5.55. The third-order valence-corrected chi connectivity index (χ3v) is 9.75. The Morgan fingerprint density at radius 2 is 1.39 bits per heavy atom. The van der Waals surface area contributed by atoms with Crippen LogP contribution in [0.4, 0.5) is 5.69 Å². The van der Waals surface area contributed by atoms with E-state index in [-0.39, 0.29) is 53.8 Å². The summed E-state index contributed by atoms with van der Waals surface area (Å²) in [4.78, 5) is 40.4. The number of hydrogen-bond donors (Lipinski definition) is 1. The number of rotatable bonds is 19. The van der Waals surface area contributed by atoms with Crippen molar-refractivity contribution >= 4 is 33.1 Å². The number of nitrogens with zero attached hydrogens (tertiary/aromatic N) is 1. The first-order valence-corrected chi connectivity index (χ1v) is 18.1. The van der Waals surface area contributed by atoms with Gasteiger partial charge in [-0.05, 0) is 72.9 Å². The van der Waals surface area contributed by atoms with Crippen LogP contribution in [0.5, 0.6) is 0 Å². The van der Waals surface area contributed by atoms with Crippen molar-refractivity contribution in [2.24, 2.45) is 11.8 Å². The molecule has 0 amide bonds. The molecule has 248 valence electrons. The number of carbonyl (C=O) groups is 3. The maximum atomic E-state index is 13.9. The van der Waals surface area contributed by atoms with Crippen molar-refractivity contribution in [2.75, 3.05) is 24.2 Å². The highest BCUT2D eigenvalue weighted by Gasteiger charge is 2.24. The molecule has 0 bridgehead atoms. The number of ketones is 3. The maximum Gasteiger partial charge on any atom is 0.231 e. The smallest absolute Gasteiger partial charge is 0.231 e. The minimum absolute atomic E-state index is 0.0553. The van der Waals surface area contributed by atoms with E-state index >= 15 is 0 Å². The van der Waals surface area contributed by atoms with Crippen LogP contribution in [-0.4, -0.2) is 51.7 Å². The number of benzene rings is 3. The van der Waals surface area contributed by atoms with Gasteiger partial charge in [-0.1, -0.05) is 88.4 Å². The second-order valence-corrected chi connectivity index (χ2v) is 14.9. The molecule has 0 unspecified atom stereocenters. The molecule has 3 aromatic carbocycles. The second-order valence-electron chi connectivity index (χ2n) is 12.9. The van der Waals surface area contributed by atoms with Gasteiger partial charge >= 0.3 is 0 Å². The Balaban J connectivity index is 1.89. The predicted octanol–water partition coefficient (Wildman–Crippen LogP) is 7.26. The number of sulfonamides is 1. The van der Waals surface area contributed by atoms with Crippen molar-refractivity contribution in [1.29, 1.82) is 0 Å². The molecule has 0 aromatic heterocycles. The average molecular weight is 647 g/mol. The molecule has 0 saturated carbocycles. The van der Waals surface area contributed by atoms with Crippen LogP contribution in [0.2, 0.25) is 0 Å². The van der Waals surface area contributed by atoms with Gasteiger partial charge in [-0.2, -0.15) is 0 Å². The molecule has 0 saturated heterocycles. The van der Waals surface area contributed by atoms with Gasteiger partial charge in [0.25, 0.3) is 0 Å². The third-order valence-electron chi connectivity index (χ3n) is 8.54. The normalized spacial score (nSPS) is 13.6. The van der Waals surface area contributed by atoms with Crippen LogP contribution in [0.1, 0.15) is 97.6 Å². The average Bonchev–Trinajstić information content (AvgIpc) is 3.03. The van der Waals surface area contributed by atoms with Crippen LogP contribution < -0.4 is 9.62 Å². The van der Waals surface area contributed by atoms with Gasteiger partial charge in [0.2, 0.25) is 10.0 Å². The molecule has 0 heterocycles. The Hall–Kier alpha value is -3.62. The topological polar surface area (TPSA) is 101 Å². The van der Waals surface area contributed by atoms with Crippen LogP contribution in [0, 0.1) is 11.8 Å². The summed E-state index contributed by atoms with van der Waals surface area (Å²) in [6.45, 7) is 8.65. The van der Waals surface area contributed by atoms with Crippen LogP contribution in [0.3, 0.4) is 0 Å². The molecule has 0 aliphatic rings. The molecule has 8 heteroatoms. The number of Topliss-reactive ketones (excluding diaryl/α,β-unsaturated/α-hetero) is 3. The summed E-state index contributed by atoms with van der Waals surface area (Å²) in [5, 5.41) is 3.44. The molecule has 0 fully saturated rings. The Morgan fingerprint density at radius 1 is 0.826 bits per heavy atom. The van der Waals surface area contributed by atoms with E-state index in [0.29, 0.717) is 42.9 Å². The number of anilines is 1. The molecule has 1 N–H and O–H groups in total. The standard InChI is InChI=1S/C38H50N2O5S/c1-7-35(36(41)19-18-27(2)3)39-26-30(21-29-14-10-8-11-15-29)22-38(43)33-23-32(24-34(25-33)40(5)46(6,44)45)37(42)20-28(4)31-16-12-9-13-17-31/h8-17,23-25,27-28,30,35,39H,7,18-22,26H2,1-6H3/t28-,30+,35-/m0/s1. The van der Waals surface area contributed by atoms with Crippen molar-refractivity contribution in [3.05, 3.63) is 101 Å².